The van der Waals surface area contributed by atoms with E-state index in [1.807, 2.05) is 0 Å². The predicted molar refractivity (Wildman–Crippen MR) is 142 cm³/mol. The summed E-state index contributed by atoms with van der Waals surface area (Å²) in [6.07, 6.45) is -7.33. The molecule has 2 fully saturated rings. The average molecular weight is 583 g/mol. The highest BCUT2D eigenvalue weighted by molar-refractivity contribution is 5.55. The number of benzene rings is 2. The van der Waals surface area contributed by atoms with Gasteiger partial charge < -0.3 is 63.8 Å². The second kappa shape index (κ2) is 13.3. The van der Waals surface area contributed by atoms with Crippen LogP contribution >= 0.6 is 0 Å². The molecule has 0 aliphatic carbocycles. The second-order valence-corrected chi connectivity index (χ2v) is 9.98. The number of aliphatic hydroxyl groups is 5. The summed E-state index contributed by atoms with van der Waals surface area (Å²) in [5.74, 6) is 0.517. The maximum Gasteiger partial charge on any atom is 0.229 e. The normalized spacial score (nSPS) is 29.7. The molecule has 2 heterocycles. The minimum Gasteiger partial charge on any atom is -0.502 e. The van der Waals surface area contributed by atoms with Crippen LogP contribution < -0.4 is 23.7 Å². The number of hydrogen-bond acceptors (Lipinski definition) is 13. The van der Waals surface area contributed by atoms with Crippen LogP contribution in [0.3, 0.4) is 0 Å². The number of aromatic hydroxyl groups is 1. The Bertz CT molecular complexity index is 1120. The molecular formula is C28H38O13. The van der Waals surface area contributed by atoms with Gasteiger partial charge in [-0.25, -0.2) is 0 Å². The van der Waals surface area contributed by atoms with E-state index < -0.39 is 43.4 Å². The first-order valence-corrected chi connectivity index (χ1v) is 13.1. The van der Waals surface area contributed by atoms with Crippen LogP contribution in [0.1, 0.15) is 17.2 Å². The lowest BCUT2D eigenvalue weighted by Gasteiger charge is -2.39. The van der Waals surface area contributed by atoms with E-state index in [0.29, 0.717) is 18.6 Å². The molecule has 13 heteroatoms. The zero-order valence-electron chi connectivity index (χ0n) is 23.3. The van der Waals surface area contributed by atoms with Crippen LogP contribution in [0.2, 0.25) is 0 Å². The van der Waals surface area contributed by atoms with Crippen molar-refractivity contribution in [2.24, 2.45) is 11.8 Å². The van der Waals surface area contributed by atoms with Crippen molar-refractivity contribution in [1.82, 2.24) is 0 Å². The number of rotatable bonds is 11. The Kier molecular flexibility index (Phi) is 10.0. The molecule has 0 spiro atoms. The lowest BCUT2D eigenvalue weighted by molar-refractivity contribution is -0.277. The lowest BCUT2D eigenvalue weighted by Crippen LogP contribution is -2.60. The van der Waals surface area contributed by atoms with Crippen LogP contribution in [0.5, 0.6) is 34.5 Å². The molecule has 41 heavy (non-hydrogen) atoms. The molecule has 0 saturated carbocycles. The lowest BCUT2D eigenvalue weighted by atomic mass is 9.84. The number of phenols is 1. The Morgan fingerprint density at radius 2 is 1.37 bits per heavy atom. The number of ether oxygens (including phenoxy) is 7. The van der Waals surface area contributed by atoms with Gasteiger partial charge in [0.1, 0.15) is 24.4 Å². The van der Waals surface area contributed by atoms with Gasteiger partial charge in [-0.1, -0.05) is 0 Å². The molecule has 2 aliphatic rings. The van der Waals surface area contributed by atoms with Gasteiger partial charge in [-0.15, -0.1) is 0 Å². The van der Waals surface area contributed by atoms with E-state index in [1.54, 1.807) is 24.3 Å². The molecular weight excluding hydrogens is 544 g/mol. The van der Waals surface area contributed by atoms with E-state index in [0.717, 1.165) is 5.56 Å². The third-order valence-corrected chi connectivity index (χ3v) is 7.63. The highest BCUT2D eigenvalue weighted by Gasteiger charge is 2.45. The maximum atomic E-state index is 10.4. The van der Waals surface area contributed by atoms with Crippen molar-refractivity contribution in [2.75, 3.05) is 48.3 Å². The molecule has 6 N–H and O–H groups in total. The van der Waals surface area contributed by atoms with Gasteiger partial charge in [0.2, 0.25) is 17.8 Å². The maximum absolute atomic E-state index is 10.4. The fourth-order valence-electron chi connectivity index (χ4n) is 5.35. The molecule has 0 unspecified atom stereocenters. The molecule has 2 saturated heterocycles. The summed E-state index contributed by atoms with van der Waals surface area (Å²) < 4.78 is 39.1. The Labute approximate surface area is 237 Å². The Hall–Kier alpha value is -3.04. The first kappa shape index (κ1) is 30.9. The summed E-state index contributed by atoms with van der Waals surface area (Å²) >= 11 is 0. The standard InChI is InChI=1S/C28H38O13/c1-35-17-8-14(9-18(36-2)22(17)31)26-16(10-29)15(12-39-26)5-13-6-19(37-3)27(20(7-13)38-4)41-28-25(34)24(33)23(32)21(11-30)40-28/h6-9,15-16,21,23-26,28-34H,5,10-12H2,1-4H3/t15-,16-,21+,23+,24-,25+,26+,28-/m0/s1. The molecule has 0 bridgehead atoms. The van der Waals surface area contributed by atoms with E-state index in [4.69, 9.17) is 33.2 Å². The van der Waals surface area contributed by atoms with Gasteiger partial charge in [0.15, 0.2) is 23.0 Å². The van der Waals surface area contributed by atoms with Crippen molar-refractivity contribution >= 4 is 0 Å². The van der Waals surface area contributed by atoms with E-state index in [2.05, 4.69) is 0 Å². The third-order valence-electron chi connectivity index (χ3n) is 7.63. The zero-order chi connectivity index (χ0) is 29.8. The van der Waals surface area contributed by atoms with Gasteiger partial charge in [0.25, 0.3) is 0 Å². The zero-order valence-corrected chi connectivity index (χ0v) is 23.3. The van der Waals surface area contributed by atoms with Crippen LogP contribution in [0.15, 0.2) is 24.3 Å². The van der Waals surface area contributed by atoms with Crippen molar-refractivity contribution in [2.45, 2.75) is 43.2 Å². The molecule has 8 atom stereocenters. The molecule has 0 aromatic heterocycles. The summed E-state index contributed by atoms with van der Waals surface area (Å²) in [7, 11) is 5.72. The van der Waals surface area contributed by atoms with Crippen LogP contribution in [0.25, 0.3) is 0 Å². The fraction of sp³-hybridized carbons (Fsp3) is 0.571. The molecule has 2 aromatic carbocycles. The molecule has 4 rings (SSSR count). The number of hydrogen-bond donors (Lipinski definition) is 6. The van der Waals surface area contributed by atoms with E-state index in [9.17, 15) is 30.6 Å². The van der Waals surface area contributed by atoms with E-state index in [-0.39, 0.29) is 52.9 Å². The summed E-state index contributed by atoms with van der Waals surface area (Å²) in [6, 6.07) is 6.75. The monoisotopic (exact) mass is 582 g/mol. The van der Waals surface area contributed by atoms with Gasteiger partial charge in [-0.05, 0) is 47.7 Å². The van der Waals surface area contributed by atoms with Crippen molar-refractivity contribution in [3.63, 3.8) is 0 Å². The van der Waals surface area contributed by atoms with Crippen molar-refractivity contribution in [3.05, 3.63) is 35.4 Å². The predicted octanol–water partition coefficient (Wildman–Crippen LogP) is 0.144. The topological polar surface area (TPSA) is 186 Å². The molecule has 228 valence electrons. The van der Waals surface area contributed by atoms with E-state index in [1.165, 1.54) is 28.4 Å². The van der Waals surface area contributed by atoms with Gasteiger partial charge in [-0.2, -0.15) is 0 Å². The van der Waals surface area contributed by atoms with E-state index >= 15 is 0 Å². The number of phenolic OH excluding ortho intramolecular Hbond substituents is 1. The minimum absolute atomic E-state index is 0.0885. The van der Waals surface area contributed by atoms with Crippen LogP contribution in [0.4, 0.5) is 0 Å². The van der Waals surface area contributed by atoms with Crippen molar-refractivity contribution < 1.29 is 63.8 Å². The molecule has 0 radical (unpaired) electrons. The second-order valence-electron chi connectivity index (χ2n) is 9.98. The smallest absolute Gasteiger partial charge is 0.229 e. The quantitative estimate of drug-likeness (QED) is 0.210. The SMILES string of the molecule is COc1cc([C@H]2OC[C@H](Cc3cc(OC)c(O[C@@H]4O[C@H](CO)[C@@H](O)[C@H](O)[C@H]4O)c(OC)c3)[C@@H]2CO)cc(OC)c1O. The first-order chi connectivity index (χ1) is 19.7. The van der Waals surface area contributed by atoms with Crippen LogP contribution in [0, 0.1) is 11.8 Å². The van der Waals surface area contributed by atoms with Gasteiger partial charge in [0, 0.05) is 12.5 Å². The van der Waals surface area contributed by atoms with Crippen LogP contribution in [-0.4, -0.2) is 110 Å². The summed E-state index contributed by atoms with van der Waals surface area (Å²) in [6.45, 7) is -0.416. The third kappa shape index (κ3) is 6.11. The van der Waals surface area contributed by atoms with Crippen LogP contribution in [-0.2, 0) is 15.9 Å². The summed E-state index contributed by atoms with van der Waals surface area (Å²) in [5.41, 5.74) is 1.48. The Morgan fingerprint density at radius 1 is 0.780 bits per heavy atom. The Balaban J connectivity index is 1.57. The van der Waals surface area contributed by atoms with Gasteiger partial charge >= 0.3 is 0 Å². The minimum atomic E-state index is -1.61. The average Bonchev–Trinajstić information content (AvgIpc) is 3.39. The fourth-order valence-corrected chi connectivity index (χ4v) is 5.35. The largest absolute Gasteiger partial charge is 0.502 e. The van der Waals surface area contributed by atoms with Gasteiger partial charge in [0.05, 0.1) is 47.8 Å². The van der Waals surface area contributed by atoms with Gasteiger partial charge in [-0.3, -0.25) is 0 Å². The number of aliphatic hydroxyl groups excluding tert-OH is 5. The Morgan fingerprint density at radius 3 is 1.88 bits per heavy atom. The molecule has 2 aromatic rings. The molecule has 0 amide bonds. The highest BCUT2D eigenvalue weighted by Crippen LogP contribution is 2.46. The van der Waals surface area contributed by atoms with Crippen molar-refractivity contribution in [3.8, 4) is 34.5 Å². The summed E-state index contributed by atoms with van der Waals surface area (Å²) in [5, 5.41) is 60.7. The summed E-state index contributed by atoms with van der Waals surface area (Å²) in [4.78, 5) is 0. The molecule has 13 nitrogen and oxygen atoms in total. The first-order valence-electron chi connectivity index (χ1n) is 13.1. The molecule has 2 aliphatic heterocycles. The number of methoxy groups -OCH3 is 4. The van der Waals surface area contributed by atoms with Crippen molar-refractivity contribution in [1.29, 1.82) is 0 Å². The highest BCUT2D eigenvalue weighted by atomic mass is 16.7.